The Morgan fingerprint density at radius 2 is 2.17 bits per heavy atom. The highest BCUT2D eigenvalue weighted by atomic mass is 32.1. The van der Waals surface area contributed by atoms with Crippen LogP contribution in [0.15, 0.2) is 24.4 Å². The van der Waals surface area contributed by atoms with Gasteiger partial charge in [0.05, 0.1) is 0 Å². The molecule has 1 N–H and O–H groups in total. The molecule has 0 bridgehead atoms. The summed E-state index contributed by atoms with van der Waals surface area (Å²) in [5.74, 6) is -0.357. The minimum Gasteiger partial charge on any atom is -0.375 e. The van der Waals surface area contributed by atoms with Crippen LogP contribution in [0.3, 0.4) is 0 Å². The second-order valence-electron chi connectivity index (χ2n) is 4.39. The summed E-state index contributed by atoms with van der Waals surface area (Å²) in [5, 5.41) is 3.23. The van der Waals surface area contributed by atoms with Crippen molar-refractivity contribution in [1.82, 2.24) is 10.3 Å². The number of pyridine rings is 1. The third-order valence-corrected chi connectivity index (χ3v) is 3.54. The highest BCUT2D eigenvalue weighted by Crippen LogP contribution is 2.29. The van der Waals surface area contributed by atoms with Gasteiger partial charge in [-0.3, -0.25) is 4.98 Å². The summed E-state index contributed by atoms with van der Waals surface area (Å²) in [6, 6.07) is 5.58. The van der Waals surface area contributed by atoms with Gasteiger partial charge in [-0.15, -0.1) is 0 Å². The molecule has 1 saturated carbocycles. The molecule has 1 aromatic rings. The maximum absolute atomic E-state index is 5.50. The molecule has 98 valence electrons. The maximum atomic E-state index is 5.50. The molecule has 0 spiro atoms. The summed E-state index contributed by atoms with van der Waals surface area (Å²) < 4.78 is 11.0. The maximum Gasteiger partial charge on any atom is 0.265 e. The van der Waals surface area contributed by atoms with Crippen LogP contribution in [0.5, 0.6) is 0 Å². The Morgan fingerprint density at radius 1 is 1.44 bits per heavy atom. The normalized spacial score (nSPS) is 15.4. The van der Waals surface area contributed by atoms with Crippen LogP contribution in [0.25, 0.3) is 0 Å². The van der Waals surface area contributed by atoms with Crippen LogP contribution in [0.4, 0.5) is 0 Å². The van der Waals surface area contributed by atoms with E-state index in [4.69, 9.17) is 21.7 Å². The van der Waals surface area contributed by atoms with Gasteiger partial charge in [0.1, 0.15) is 10.7 Å². The molecule has 0 amide bonds. The standard InChI is InChI=1S/C13H18N2O2S/c1-16-13(17-2,11-5-3-4-8-14-11)12(18)15-9-10-6-7-10/h3-5,8,10H,6-7,9H2,1-2H3,(H,15,18). The largest absolute Gasteiger partial charge is 0.375 e. The number of hydrogen-bond acceptors (Lipinski definition) is 4. The molecule has 0 saturated heterocycles. The number of thiocarbonyl (C=S) groups is 1. The number of nitrogens with one attached hydrogen (secondary N) is 1. The van der Waals surface area contributed by atoms with E-state index in [2.05, 4.69) is 10.3 Å². The van der Waals surface area contributed by atoms with Crippen molar-refractivity contribution in [1.29, 1.82) is 0 Å². The highest BCUT2D eigenvalue weighted by Gasteiger charge is 2.39. The van der Waals surface area contributed by atoms with Gasteiger partial charge in [-0.1, -0.05) is 18.3 Å². The molecular weight excluding hydrogens is 248 g/mol. The first-order valence-electron chi connectivity index (χ1n) is 6.03. The zero-order valence-electron chi connectivity index (χ0n) is 10.7. The Morgan fingerprint density at radius 3 is 2.67 bits per heavy atom. The lowest BCUT2D eigenvalue weighted by Gasteiger charge is -2.31. The van der Waals surface area contributed by atoms with E-state index < -0.39 is 5.79 Å². The van der Waals surface area contributed by atoms with Crippen LogP contribution < -0.4 is 5.32 Å². The van der Waals surface area contributed by atoms with Crippen LogP contribution in [-0.4, -0.2) is 30.7 Å². The molecule has 1 aliphatic rings. The van der Waals surface area contributed by atoms with Crippen molar-refractivity contribution in [3.05, 3.63) is 30.1 Å². The first-order valence-corrected chi connectivity index (χ1v) is 6.44. The smallest absolute Gasteiger partial charge is 0.265 e. The van der Waals surface area contributed by atoms with Crippen LogP contribution >= 0.6 is 12.2 Å². The zero-order chi connectivity index (χ0) is 13.0. The van der Waals surface area contributed by atoms with Gasteiger partial charge >= 0.3 is 0 Å². The average molecular weight is 266 g/mol. The summed E-state index contributed by atoms with van der Waals surface area (Å²) in [6.07, 6.45) is 4.24. The van der Waals surface area contributed by atoms with E-state index in [1.165, 1.54) is 12.8 Å². The number of nitrogens with zero attached hydrogens (tertiary/aromatic N) is 1. The Bertz CT molecular complexity index is 403. The molecule has 18 heavy (non-hydrogen) atoms. The van der Waals surface area contributed by atoms with E-state index >= 15 is 0 Å². The van der Waals surface area contributed by atoms with Crippen molar-refractivity contribution < 1.29 is 9.47 Å². The Hall–Kier alpha value is -1.04. The van der Waals surface area contributed by atoms with E-state index in [1.807, 2.05) is 18.2 Å². The molecule has 1 fully saturated rings. The lowest BCUT2D eigenvalue weighted by Crippen LogP contribution is -2.47. The molecule has 0 atom stereocenters. The number of aromatic nitrogens is 1. The molecule has 0 unspecified atom stereocenters. The molecule has 0 aliphatic heterocycles. The van der Waals surface area contributed by atoms with Gasteiger partial charge in [0.25, 0.3) is 5.79 Å². The predicted octanol–water partition coefficient (Wildman–Crippen LogP) is 1.85. The molecule has 1 aromatic heterocycles. The van der Waals surface area contributed by atoms with E-state index in [0.717, 1.165) is 12.5 Å². The monoisotopic (exact) mass is 266 g/mol. The topological polar surface area (TPSA) is 43.4 Å². The van der Waals surface area contributed by atoms with Crippen molar-refractivity contribution in [2.24, 2.45) is 5.92 Å². The molecule has 0 aromatic carbocycles. The molecule has 4 nitrogen and oxygen atoms in total. The zero-order valence-corrected chi connectivity index (χ0v) is 11.5. The second-order valence-corrected chi connectivity index (χ2v) is 4.80. The van der Waals surface area contributed by atoms with Crippen molar-refractivity contribution >= 4 is 17.2 Å². The van der Waals surface area contributed by atoms with Crippen LogP contribution in [-0.2, 0) is 15.3 Å². The van der Waals surface area contributed by atoms with Gasteiger partial charge in [-0.2, -0.15) is 0 Å². The van der Waals surface area contributed by atoms with Crippen molar-refractivity contribution in [2.75, 3.05) is 20.8 Å². The summed E-state index contributed by atoms with van der Waals surface area (Å²) in [6.45, 7) is 0.875. The van der Waals surface area contributed by atoms with Crippen LogP contribution in [0.2, 0.25) is 0 Å². The SMILES string of the molecule is COC(OC)(C(=S)NCC1CC1)c1ccccn1. The molecule has 5 heteroatoms. The fourth-order valence-electron chi connectivity index (χ4n) is 1.83. The molecular formula is C13H18N2O2S. The van der Waals surface area contributed by atoms with Gasteiger partial charge in [-0.25, -0.2) is 0 Å². The summed E-state index contributed by atoms with van der Waals surface area (Å²) in [4.78, 5) is 4.81. The van der Waals surface area contributed by atoms with E-state index in [-0.39, 0.29) is 0 Å². The lowest BCUT2D eigenvalue weighted by atomic mass is 10.1. The van der Waals surface area contributed by atoms with Gasteiger partial charge in [-0.05, 0) is 30.9 Å². The number of hydrogen-bond donors (Lipinski definition) is 1. The number of ether oxygens (including phenoxy) is 2. The summed E-state index contributed by atoms with van der Waals surface area (Å²) >= 11 is 5.41. The Kier molecular flexibility index (Phi) is 4.27. The fourth-order valence-corrected chi connectivity index (χ4v) is 2.18. The minimum atomic E-state index is -1.09. The lowest BCUT2D eigenvalue weighted by molar-refractivity contribution is -0.163. The quantitative estimate of drug-likeness (QED) is 0.629. The van der Waals surface area contributed by atoms with Crippen LogP contribution in [0.1, 0.15) is 18.5 Å². The predicted molar refractivity (Wildman–Crippen MR) is 73.3 cm³/mol. The molecule has 0 radical (unpaired) electrons. The van der Waals surface area contributed by atoms with E-state index in [1.54, 1.807) is 20.4 Å². The van der Waals surface area contributed by atoms with Gasteiger partial charge in [0, 0.05) is 27.0 Å². The minimum absolute atomic E-state index is 0.526. The van der Waals surface area contributed by atoms with Gasteiger partial charge in [0.2, 0.25) is 0 Å². The second kappa shape index (κ2) is 5.73. The first-order chi connectivity index (χ1) is 8.73. The summed E-state index contributed by atoms with van der Waals surface area (Å²) in [7, 11) is 3.15. The highest BCUT2D eigenvalue weighted by molar-refractivity contribution is 7.80. The first kappa shape index (κ1) is 13.4. The molecule has 1 heterocycles. The Balaban J connectivity index is 2.16. The molecule has 2 rings (SSSR count). The van der Waals surface area contributed by atoms with Gasteiger partial charge in [0.15, 0.2) is 0 Å². The fraction of sp³-hybridized carbons (Fsp3) is 0.538. The number of methoxy groups -OCH3 is 2. The summed E-state index contributed by atoms with van der Waals surface area (Å²) in [5.41, 5.74) is 0.656. The van der Waals surface area contributed by atoms with Crippen molar-refractivity contribution in [3.63, 3.8) is 0 Å². The van der Waals surface area contributed by atoms with Crippen molar-refractivity contribution in [3.8, 4) is 0 Å². The van der Waals surface area contributed by atoms with E-state index in [0.29, 0.717) is 10.7 Å². The number of rotatable bonds is 6. The average Bonchev–Trinajstić information content (AvgIpc) is 3.24. The third-order valence-electron chi connectivity index (χ3n) is 3.12. The third kappa shape index (κ3) is 2.68. The molecule has 1 aliphatic carbocycles. The Labute approximate surface area is 113 Å². The van der Waals surface area contributed by atoms with E-state index in [9.17, 15) is 0 Å². The van der Waals surface area contributed by atoms with Gasteiger partial charge < -0.3 is 14.8 Å². The van der Waals surface area contributed by atoms with Crippen molar-refractivity contribution in [2.45, 2.75) is 18.6 Å². The van der Waals surface area contributed by atoms with Crippen LogP contribution in [0, 0.1) is 5.92 Å².